The Morgan fingerprint density at radius 2 is 1.61 bits per heavy atom. The maximum absolute atomic E-state index is 12.8. The van der Waals surface area contributed by atoms with E-state index in [4.69, 9.17) is 16.6 Å². The molecule has 4 fully saturated rings. The first-order chi connectivity index (χ1) is 13.3. The lowest BCUT2D eigenvalue weighted by Gasteiger charge is -2.58. The Labute approximate surface area is 172 Å². The summed E-state index contributed by atoms with van der Waals surface area (Å²) < 4.78 is 28.4. The summed E-state index contributed by atoms with van der Waals surface area (Å²) >= 11 is 5.97. The molecule has 4 nitrogen and oxygen atoms in total. The molecule has 0 amide bonds. The predicted octanol–water partition coefficient (Wildman–Crippen LogP) is 5.01. The van der Waals surface area contributed by atoms with Gasteiger partial charge in [-0.05, 0) is 93.2 Å². The largest absolute Gasteiger partial charge is 0.264 e. The number of hydrogen-bond donors (Lipinski definition) is 1. The van der Waals surface area contributed by atoms with Gasteiger partial charge in [-0.25, -0.2) is 8.42 Å². The molecule has 0 aromatic heterocycles. The quantitative estimate of drug-likeness (QED) is 0.750. The van der Waals surface area contributed by atoms with Crippen LogP contribution in [0.4, 0.5) is 0 Å². The molecule has 1 aromatic carbocycles. The molecule has 1 unspecified atom stereocenters. The summed E-state index contributed by atoms with van der Waals surface area (Å²) in [6, 6.07) is 7.09. The summed E-state index contributed by atoms with van der Waals surface area (Å²) in [6.45, 7) is 4.05. The Hall–Kier alpha value is -1.33. The number of amidine groups is 1. The van der Waals surface area contributed by atoms with Crippen LogP contribution in [0.2, 0.25) is 5.02 Å². The first-order valence-corrected chi connectivity index (χ1v) is 12.2. The third-order valence-electron chi connectivity index (χ3n) is 7.60. The molecule has 0 radical (unpaired) electrons. The second kappa shape index (κ2) is 6.33. The zero-order chi connectivity index (χ0) is 19.7. The lowest BCUT2D eigenvalue weighted by atomic mass is 9.48. The van der Waals surface area contributed by atoms with Crippen molar-refractivity contribution in [1.82, 2.24) is 4.72 Å². The zero-order valence-electron chi connectivity index (χ0n) is 16.4. The molecule has 1 aromatic rings. The van der Waals surface area contributed by atoms with Crippen LogP contribution in [-0.4, -0.2) is 20.3 Å². The van der Waals surface area contributed by atoms with Gasteiger partial charge in [-0.2, -0.15) is 0 Å². The van der Waals surface area contributed by atoms with Crippen molar-refractivity contribution in [2.45, 2.75) is 58.4 Å². The van der Waals surface area contributed by atoms with Gasteiger partial charge in [0.15, 0.2) is 0 Å². The third kappa shape index (κ3) is 2.93. The molecular formula is C22H27ClN2O2S. The number of rotatable bonds is 3. The summed E-state index contributed by atoms with van der Waals surface area (Å²) in [4.78, 5) is 5.30. The molecule has 0 saturated heterocycles. The predicted molar refractivity (Wildman–Crippen MR) is 114 cm³/mol. The minimum absolute atomic E-state index is 0.137. The van der Waals surface area contributed by atoms with Crippen molar-refractivity contribution < 1.29 is 8.42 Å². The minimum Gasteiger partial charge on any atom is -0.264 e. The Morgan fingerprint density at radius 1 is 1.07 bits per heavy atom. The molecule has 1 N–H and O–H groups in total. The van der Waals surface area contributed by atoms with Crippen LogP contribution in [0.5, 0.6) is 0 Å². The maximum Gasteiger partial charge on any atom is 0.264 e. The van der Waals surface area contributed by atoms with E-state index < -0.39 is 10.0 Å². The first kappa shape index (κ1) is 18.7. The summed E-state index contributed by atoms with van der Waals surface area (Å²) in [5.41, 5.74) is 1.62. The summed E-state index contributed by atoms with van der Waals surface area (Å²) in [6.07, 6.45) is 7.97. The minimum atomic E-state index is -3.60. The van der Waals surface area contributed by atoms with Gasteiger partial charge in [-0.15, -0.1) is 0 Å². The van der Waals surface area contributed by atoms with Crippen molar-refractivity contribution in [3.05, 3.63) is 40.4 Å². The SMILES string of the molecule is CC1=C(c2ccc(Cl)cc2)S(=O)(=O)NC1=NC(C)C12CC3CC(CC(C3)C1)C2. The van der Waals surface area contributed by atoms with E-state index in [0.717, 1.165) is 17.8 Å². The summed E-state index contributed by atoms with van der Waals surface area (Å²) in [5, 5.41) is 0.592. The number of hydrogen-bond acceptors (Lipinski definition) is 3. The maximum atomic E-state index is 12.8. The highest BCUT2D eigenvalue weighted by atomic mass is 35.5. The fourth-order valence-corrected chi connectivity index (χ4v) is 8.31. The van der Waals surface area contributed by atoms with Gasteiger partial charge in [0.1, 0.15) is 10.7 Å². The number of sulfonamides is 1. The van der Waals surface area contributed by atoms with Gasteiger partial charge in [0, 0.05) is 10.6 Å². The van der Waals surface area contributed by atoms with Crippen molar-refractivity contribution in [1.29, 1.82) is 0 Å². The lowest BCUT2D eigenvalue weighted by Crippen LogP contribution is -2.50. The molecule has 6 rings (SSSR count). The zero-order valence-corrected chi connectivity index (χ0v) is 18.0. The van der Waals surface area contributed by atoms with Gasteiger partial charge >= 0.3 is 0 Å². The highest BCUT2D eigenvalue weighted by Crippen LogP contribution is 2.61. The van der Waals surface area contributed by atoms with E-state index in [0.29, 0.717) is 26.9 Å². The van der Waals surface area contributed by atoms with Gasteiger partial charge in [-0.3, -0.25) is 9.71 Å². The Balaban J connectivity index is 1.49. The van der Waals surface area contributed by atoms with Crippen molar-refractivity contribution in [2.75, 3.05) is 0 Å². The van der Waals surface area contributed by atoms with E-state index in [2.05, 4.69) is 11.6 Å². The molecule has 1 atom stereocenters. The van der Waals surface area contributed by atoms with Crippen molar-refractivity contribution >= 4 is 32.4 Å². The normalized spacial score (nSPS) is 38.1. The average molecular weight is 419 g/mol. The van der Waals surface area contributed by atoms with E-state index in [1.807, 2.05) is 6.92 Å². The van der Waals surface area contributed by atoms with Crippen LogP contribution < -0.4 is 4.72 Å². The van der Waals surface area contributed by atoms with E-state index in [1.165, 1.54) is 38.5 Å². The molecule has 5 aliphatic rings. The number of halogens is 1. The molecular weight excluding hydrogens is 392 g/mol. The molecule has 150 valence electrons. The summed E-state index contributed by atoms with van der Waals surface area (Å²) in [5.74, 6) is 3.09. The molecule has 4 aliphatic carbocycles. The van der Waals surface area contributed by atoms with E-state index in [1.54, 1.807) is 24.3 Å². The number of benzene rings is 1. The highest BCUT2D eigenvalue weighted by molar-refractivity contribution is 8.00. The van der Waals surface area contributed by atoms with Crippen LogP contribution in [0.3, 0.4) is 0 Å². The van der Waals surface area contributed by atoms with E-state index >= 15 is 0 Å². The van der Waals surface area contributed by atoms with Crippen LogP contribution >= 0.6 is 11.6 Å². The average Bonchev–Trinajstić information content (AvgIpc) is 2.83. The topological polar surface area (TPSA) is 58.5 Å². The second-order valence-corrected chi connectivity index (χ2v) is 11.6. The van der Waals surface area contributed by atoms with Crippen LogP contribution in [0.15, 0.2) is 34.8 Å². The number of nitrogens with one attached hydrogen (secondary N) is 1. The van der Waals surface area contributed by atoms with Crippen molar-refractivity contribution in [3.8, 4) is 0 Å². The van der Waals surface area contributed by atoms with Crippen LogP contribution in [0.25, 0.3) is 4.91 Å². The molecule has 1 heterocycles. The van der Waals surface area contributed by atoms with Crippen LogP contribution in [0, 0.1) is 23.2 Å². The van der Waals surface area contributed by atoms with E-state index in [9.17, 15) is 8.42 Å². The van der Waals surface area contributed by atoms with Gasteiger partial charge in [0.25, 0.3) is 10.0 Å². The standard InChI is InChI=1S/C22H27ClN2O2S/c1-13-20(18-3-5-19(23)6-4-18)28(26,27)25-21(13)24-14(2)22-10-15-7-16(11-22)9-17(8-15)12-22/h3-6,14-17H,7-12H2,1-2H3,(H,24,25). The lowest BCUT2D eigenvalue weighted by molar-refractivity contribution is -0.0633. The molecule has 4 bridgehead atoms. The molecule has 28 heavy (non-hydrogen) atoms. The molecule has 6 heteroatoms. The van der Waals surface area contributed by atoms with Gasteiger partial charge in [0.05, 0.1) is 6.04 Å². The van der Waals surface area contributed by atoms with Crippen LogP contribution in [-0.2, 0) is 10.0 Å². The Morgan fingerprint density at radius 3 is 2.14 bits per heavy atom. The van der Waals surface area contributed by atoms with Crippen molar-refractivity contribution in [3.63, 3.8) is 0 Å². The highest BCUT2D eigenvalue weighted by Gasteiger charge is 2.53. The number of nitrogens with zero attached hydrogens (tertiary/aromatic N) is 1. The monoisotopic (exact) mass is 418 g/mol. The summed E-state index contributed by atoms with van der Waals surface area (Å²) in [7, 11) is -3.60. The van der Waals surface area contributed by atoms with Gasteiger partial charge in [-0.1, -0.05) is 23.7 Å². The second-order valence-electron chi connectivity index (χ2n) is 9.50. The van der Waals surface area contributed by atoms with Gasteiger partial charge in [0.2, 0.25) is 0 Å². The molecule has 1 aliphatic heterocycles. The number of aliphatic imine (C=N–C) groups is 1. The molecule has 0 spiro atoms. The van der Waals surface area contributed by atoms with Crippen molar-refractivity contribution in [2.24, 2.45) is 28.2 Å². The Kier molecular flexibility index (Phi) is 4.23. The first-order valence-electron chi connectivity index (χ1n) is 10.3. The Bertz CT molecular complexity index is 943. The van der Waals surface area contributed by atoms with Crippen LogP contribution in [0.1, 0.15) is 57.9 Å². The fraction of sp³-hybridized carbons (Fsp3) is 0.591. The third-order valence-corrected chi connectivity index (χ3v) is 9.39. The van der Waals surface area contributed by atoms with E-state index in [-0.39, 0.29) is 11.5 Å². The fourth-order valence-electron chi connectivity index (χ4n) is 6.68. The van der Waals surface area contributed by atoms with Gasteiger partial charge < -0.3 is 0 Å². The smallest absolute Gasteiger partial charge is 0.264 e. The molecule has 4 saturated carbocycles.